The number of nitrogens with zero attached hydrogens (tertiary/aromatic N) is 1. The minimum atomic E-state index is -0.492. The van der Waals surface area contributed by atoms with E-state index < -0.39 is 6.10 Å². The normalized spacial score (nSPS) is 18.4. The third-order valence-corrected chi connectivity index (χ3v) is 2.98. The summed E-state index contributed by atoms with van der Waals surface area (Å²) in [4.78, 5) is 13.8. The molecule has 0 saturated heterocycles. The number of amides is 1. The zero-order chi connectivity index (χ0) is 13.1. The van der Waals surface area contributed by atoms with Crippen LogP contribution in [0.4, 0.5) is 11.4 Å². The van der Waals surface area contributed by atoms with E-state index in [1.165, 1.54) is 0 Å². The smallest absolute Gasteiger partial charge is 0.267 e. The number of fused-ring (bicyclic) bond motifs is 1. The van der Waals surface area contributed by atoms with E-state index >= 15 is 0 Å². The van der Waals surface area contributed by atoms with Gasteiger partial charge in [-0.1, -0.05) is 0 Å². The van der Waals surface area contributed by atoms with Crippen LogP contribution >= 0.6 is 0 Å². The van der Waals surface area contributed by atoms with Crippen molar-refractivity contribution < 1.29 is 14.6 Å². The van der Waals surface area contributed by atoms with Gasteiger partial charge in [0.05, 0.1) is 5.69 Å². The molecule has 0 aromatic heterocycles. The van der Waals surface area contributed by atoms with Crippen molar-refractivity contribution in [2.45, 2.75) is 25.9 Å². The van der Waals surface area contributed by atoms with Crippen LogP contribution in [0.5, 0.6) is 5.75 Å². The van der Waals surface area contributed by atoms with Gasteiger partial charge in [0, 0.05) is 24.9 Å². The van der Waals surface area contributed by atoms with Gasteiger partial charge in [-0.25, -0.2) is 0 Å². The average molecular weight is 250 g/mol. The van der Waals surface area contributed by atoms with Crippen LogP contribution in [0, 0.1) is 0 Å². The molecule has 0 spiro atoms. The second-order valence-electron chi connectivity index (χ2n) is 4.41. The molecule has 5 nitrogen and oxygen atoms in total. The zero-order valence-corrected chi connectivity index (χ0v) is 10.4. The van der Waals surface area contributed by atoms with Crippen molar-refractivity contribution >= 4 is 17.3 Å². The SMILES string of the molecule is CC1Oc2cc(N)ccc2N(CCCCO)C1=O. The van der Waals surface area contributed by atoms with Gasteiger partial charge in [-0.2, -0.15) is 0 Å². The fourth-order valence-corrected chi connectivity index (χ4v) is 2.04. The zero-order valence-electron chi connectivity index (χ0n) is 10.4. The van der Waals surface area contributed by atoms with E-state index in [4.69, 9.17) is 15.6 Å². The first-order chi connectivity index (χ1) is 8.63. The van der Waals surface area contributed by atoms with Gasteiger partial charge in [0.2, 0.25) is 0 Å². The molecule has 1 aliphatic rings. The Morgan fingerprint density at radius 3 is 2.94 bits per heavy atom. The summed E-state index contributed by atoms with van der Waals surface area (Å²) in [6.07, 6.45) is 0.954. The number of aliphatic hydroxyl groups is 1. The minimum absolute atomic E-state index is 0.0507. The number of hydrogen-bond acceptors (Lipinski definition) is 4. The van der Waals surface area contributed by atoms with Gasteiger partial charge in [0.25, 0.3) is 5.91 Å². The average Bonchev–Trinajstić information content (AvgIpc) is 2.34. The minimum Gasteiger partial charge on any atom is -0.479 e. The van der Waals surface area contributed by atoms with E-state index in [-0.39, 0.29) is 12.5 Å². The predicted octanol–water partition coefficient (Wildman–Crippen LogP) is 1.16. The summed E-state index contributed by atoms with van der Waals surface area (Å²) in [7, 11) is 0. The molecular formula is C13H18N2O3. The molecule has 2 rings (SSSR count). The molecule has 0 bridgehead atoms. The Kier molecular flexibility index (Phi) is 3.72. The van der Waals surface area contributed by atoms with Crippen molar-refractivity contribution in [3.05, 3.63) is 18.2 Å². The van der Waals surface area contributed by atoms with Crippen LogP contribution in [-0.4, -0.2) is 30.3 Å². The molecule has 5 heteroatoms. The lowest BCUT2D eigenvalue weighted by Crippen LogP contribution is -2.44. The molecule has 1 atom stereocenters. The molecule has 98 valence electrons. The van der Waals surface area contributed by atoms with E-state index in [9.17, 15) is 4.79 Å². The molecule has 0 radical (unpaired) electrons. The van der Waals surface area contributed by atoms with E-state index in [2.05, 4.69) is 0 Å². The Morgan fingerprint density at radius 2 is 2.22 bits per heavy atom. The van der Waals surface area contributed by atoms with Crippen molar-refractivity contribution in [3.8, 4) is 5.75 Å². The monoisotopic (exact) mass is 250 g/mol. The Balaban J connectivity index is 2.24. The second kappa shape index (κ2) is 5.27. The van der Waals surface area contributed by atoms with Gasteiger partial charge in [0.15, 0.2) is 6.10 Å². The van der Waals surface area contributed by atoms with Crippen molar-refractivity contribution in [3.63, 3.8) is 0 Å². The molecule has 3 N–H and O–H groups in total. The van der Waals surface area contributed by atoms with Crippen molar-refractivity contribution in [2.75, 3.05) is 23.8 Å². The summed E-state index contributed by atoms with van der Waals surface area (Å²) in [5.41, 5.74) is 7.08. The maximum Gasteiger partial charge on any atom is 0.267 e. The summed E-state index contributed by atoms with van der Waals surface area (Å²) in [5.74, 6) is 0.594. The van der Waals surface area contributed by atoms with Crippen molar-refractivity contribution in [1.29, 1.82) is 0 Å². The van der Waals surface area contributed by atoms with E-state index in [0.717, 1.165) is 12.1 Å². The number of aliphatic hydroxyl groups excluding tert-OH is 1. The first-order valence-electron chi connectivity index (χ1n) is 6.12. The topological polar surface area (TPSA) is 75.8 Å². The molecule has 1 aromatic carbocycles. The molecule has 0 fully saturated rings. The summed E-state index contributed by atoms with van der Waals surface area (Å²) in [5, 5.41) is 8.80. The fraction of sp³-hybridized carbons (Fsp3) is 0.462. The van der Waals surface area contributed by atoms with Crippen LogP contribution in [0.1, 0.15) is 19.8 Å². The first-order valence-corrected chi connectivity index (χ1v) is 6.12. The molecule has 1 aromatic rings. The predicted molar refractivity (Wildman–Crippen MR) is 69.6 cm³/mol. The van der Waals surface area contributed by atoms with Crippen LogP contribution in [0.25, 0.3) is 0 Å². The summed E-state index contributed by atoms with van der Waals surface area (Å²) >= 11 is 0. The standard InChI is InChI=1S/C13H18N2O3/c1-9-13(17)15(6-2-3-7-16)11-5-4-10(14)8-12(11)18-9/h4-5,8-9,16H,2-3,6-7,14H2,1H3. The molecule has 1 aliphatic heterocycles. The Morgan fingerprint density at radius 1 is 1.44 bits per heavy atom. The van der Waals surface area contributed by atoms with E-state index in [0.29, 0.717) is 24.4 Å². The van der Waals surface area contributed by atoms with Crippen molar-refractivity contribution in [1.82, 2.24) is 0 Å². The number of nitrogen functional groups attached to an aromatic ring is 1. The largest absolute Gasteiger partial charge is 0.479 e. The number of rotatable bonds is 4. The number of carbonyl (C=O) groups is 1. The molecule has 0 saturated carbocycles. The third-order valence-electron chi connectivity index (χ3n) is 2.98. The molecule has 18 heavy (non-hydrogen) atoms. The maximum atomic E-state index is 12.1. The lowest BCUT2D eigenvalue weighted by Gasteiger charge is -2.33. The second-order valence-corrected chi connectivity index (χ2v) is 4.41. The summed E-state index contributed by atoms with van der Waals surface area (Å²) in [6, 6.07) is 5.29. The van der Waals surface area contributed by atoms with Gasteiger partial charge in [0.1, 0.15) is 5.75 Å². The van der Waals surface area contributed by atoms with Gasteiger partial charge in [-0.05, 0) is 31.9 Å². The van der Waals surface area contributed by atoms with Gasteiger partial charge < -0.3 is 20.5 Å². The quantitative estimate of drug-likeness (QED) is 0.621. The highest BCUT2D eigenvalue weighted by atomic mass is 16.5. The van der Waals surface area contributed by atoms with E-state index in [1.54, 1.807) is 30.0 Å². The van der Waals surface area contributed by atoms with Crippen LogP contribution in [-0.2, 0) is 4.79 Å². The molecule has 1 heterocycles. The Bertz CT molecular complexity index is 448. The van der Waals surface area contributed by atoms with Crippen LogP contribution in [0.3, 0.4) is 0 Å². The number of nitrogens with two attached hydrogens (primary N) is 1. The van der Waals surface area contributed by atoms with Crippen LogP contribution in [0.2, 0.25) is 0 Å². The number of carbonyl (C=O) groups excluding carboxylic acids is 1. The molecular weight excluding hydrogens is 232 g/mol. The highest BCUT2D eigenvalue weighted by Gasteiger charge is 2.30. The lowest BCUT2D eigenvalue weighted by molar-refractivity contribution is -0.125. The summed E-state index contributed by atoms with van der Waals surface area (Å²) in [6.45, 7) is 2.46. The van der Waals surface area contributed by atoms with Crippen molar-refractivity contribution in [2.24, 2.45) is 0 Å². The molecule has 0 aliphatic carbocycles. The number of unbranched alkanes of at least 4 members (excludes halogenated alkanes) is 1. The molecule has 1 amide bonds. The summed E-state index contributed by atoms with van der Waals surface area (Å²) < 4.78 is 5.54. The number of hydrogen-bond donors (Lipinski definition) is 2. The van der Waals surface area contributed by atoms with E-state index in [1.807, 2.05) is 0 Å². The third kappa shape index (κ3) is 2.41. The van der Waals surface area contributed by atoms with Gasteiger partial charge in [-0.15, -0.1) is 0 Å². The number of ether oxygens (including phenoxy) is 1. The van der Waals surface area contributed by atoms with Crippen LogP contribution < -0.4 is 15.4 Å². The number of benzene rings is 1. The van der Waals surface area contributed by atoms with Crippen LogP contribution in [0.15, 0.2) is 18.2 Å². The van der Waals surface area contributed by atoms with Gasteiger partial charge in [-0.3, -0.25) is 4.79 Å². The fourth-order valence-electron chi connectivity index (χ4n) is 2.04. The highest BCUT2D eigenvalue weighted by Crippen LogP contribution is 2.35. The lowest BCUT2D eigenvalue weighted by atomic mass is 10.1. The highest BCUT2D eigenvalue weighted by molar-refractivity contribution is 6.00. The Labute approximate surface area is 106 Å². The first kappa shape index (κ1) is 12.7. The maximum absolute atomic E-state index is 12.1. The molecule has 1 unspecified atom stereocenters. The van der Waals surface area contributed by atoms with Gasteiger partial charge >= 0.3 is 0 Å². The number of anilines is 2. The Hall–Kier alpha value is -1.75.